The Balaban J connectivity index is 2.45. The van der Waals surface area contributed by atoms with Crippen molar-refractivity contribution in [2.45, 2.75) is 0 Å². The highest BCUT2D eigenvalue weighted by Crippen LogP contribution is 2.22. The van der Waals surface area contributed by atoms with Gasteiger partial charge in [-0.1, -0.05) is 42.5 Å². The van der Waals surface area contributed by atoms with Gasteiger partial charge < -0.3 is 9.64 Å². The number of nitro groups is 1. The average molecular weight is 340 g/mol. The number of para-hydroxylation sites is 1. The largest absolute Gasteiger partial charge is 0.464 e. The molecule has 0 bridgehead atoms. The first-order valence-corrected chi connectivity index (χ1v) is 7.32. The van der Waals surface area contributed by atoms with E-state index in [1.807, 2.05) is 6.07 Å². The van der Waals surface area contributed by atoms with E-state index in [2.05, 4.69) is 0 Å². The van der Waals surface area contributed by atoms with Crippen molar-refractivity contribution in [3.63, 3.8) is 0 Å². The van der Waals surface area contributed by atoms with Crippen LogP contribution in [0.5, 0.6) is 0 Å². The van der Waals surface area contributed by atoms with Crippen molar-refractivity contribution < 1.29 is 19.2 Å². The molecule has 0 aliphatic carbocycles. The first-order valence-electron chi connectivity index (χ1n) is 7.32. The van der Waals surface area contributed by atoms with Gasteiger partial charge in [0, 0.05) is 13.1 Å². The number of methoxy groups -OCH3 is 1. The number of rotatable bonds is 5. The van der Waals surface area contributed by atoms with Crippen LogP contribution in [-0.4, -0.2) is 35.9 Å². The molecule has 0 radical (unpaired) electrons. The van der Waals surface area contributed by atoms with Crippen LogP contribution >= 0.6 is 0 Å². The molecule has 128 valence electrons. The number of carbonyl (C=O) groups excluding carboxylic acids is 2. The van der Waals surface area contributed by atoms with Crippen molar-refractivity contribution in [3.05, 3.63) is 81.5 Å². The molecule has 0 aliphatic rings. The third-order valence-corrected chi connectivity index (χ3v) is 3.49. The Morgan fingerprint density at radius 2 is 1.68 bits per heavy atom. The fraction of sp³-hybridized carbons (Fsp3) is 0.111. The van der Waals surface area contributed by atoms with Gasteiger partial charge in [0.2, 0.25) is 0 Å². The monoisotopic (exact) mass is 340 g/mol. The van der Waals surface area contributed by atoms with Crippen LogP contribution < -0.4 is 0 Å². The van der Waals surface area contributed by atoms with Crippen molar-refractivity contribution in [1.29, 1.82) is 0 Å². The second kappa shape index (κ2) is 7.87. The quantitative estimate of drug-likeness (QED) is 0.361. The maximum Gasteiger partial charge on any atom is 0.354 e. The number of benzene rings is 2. The summed E-state index contributed by atoms with van der Waals surface area (Å²) in [5, 5.41) is 11.1. The summed E-state index contributed by atoms with van der Waals surface area (Å²) in [5.74, 6) is -1.40. The number of nitro benzene ring substituents is 1. The van der Waals surface area contributed by atoms with E-state index >= 15 is 0 Å². The minimum Gasteiger partial charge on any atom is -0.464 e. The molecule has 0 aliphatic heterocycles. The lowest BCUT2D eigenvalue weighted by atomic mass is 10.1. The SMILES string of the molecule is COC(=O)C(=Cc1ccccc1)N(C)C(=O)c1ccccc1[N+](=O)[O-]. The molecule has 0 N–H and O–H groups in total. The zero-order valence-corrected chi connectivity index (χ0v) is 13.7. The van der Waals surface area contributed by atoms with Crippen LogP contribution in [0.15, 0.2) is 60.3 Å². The number of hydrogen-bond acceptors (Lipinski definition) is 5. The number of likely N-dealkylation sites (N-methyl/N-ethyl adjacent to an activating group) is 1. The van der Waals surface area contributed by atoms with Crippen LogP contribution in [-0.2, 0) is 9.53 Å². The first-order chi connectivity index (χ1) is 12.0. The van der Waals surface area contributed by atoms with E-state index in [0.717, 1.165) is 4.90 Å². The fourth-order valence-corrected chi connectivity index (χ4v) is 2.21. The predicted molar refractivity (Wildman–Crippen MR) is 91.6 cm³/mol. The van der Waals surface area contributed by atoms with E-state index in [4.69, 9.17) is 4.74 Å². The Morgan fingerprint density at radius 3 is 2.28 bits per heavy atom. The maximum atomic E-state index is 12.7. The molecule has 0 fully saturated rings. The Hall–Kier alpha value is -3.48. The van der Waals surface area contributed by atoms with Crippen LogP contribution in [0.4, 0.5) is 5.69 Å². The van der Waals surface area contributed by atoms with Crippen LogP contribution in [0.25, 0.3) is 6.08 Å². The Labute approximate surface area is 144 Å². The first kappa shape index (κ1) is 17.9. The molecule has 0 unspecified atom stereocenters. The number of hydrogen-bond donors (Lipinski definition) is 0. The van der Waals surface area contributed by atoms with Gasteiger partial charge in [0.05, 0.1) is 12.0 Å². The van der Waals surface area contributed by atoms with Gasteiger partial charge in [-0.2, -0.15) is 0 Å². The molecule has 0 heterocycles. The standard InChI is InChI=1S/C18H16N2O5/c1-19(17(21)14-10-6-7-11-15(14)20(23)24)16(18(22)25-2)12-13-8-4-3-5-9-13/h3-12H,1-2H3. The van der Waals surface area contributed by atoms with E-state index < -0.39 is 16.8 Å². The molecule has 25 heavy (non-hydrogen) atoms. The number of carbonyl (C=O) groups is 2. The van der Waals surface area contributed by atoms with Gasteiger partial charge in [0.25, 0.3) is 11.6 Å². The van der Waals surface area contributed by atoms with Gasteiger partial charge in [0.1, 0.15) is 11.3 Å². The third-order valence-electron chi connectivity index (χ3n) is 3.49. The minimum atomic E-state index is -0.724. The van der Waals surface area contributed by atoms with Crippen molar-refractivity contribution in [2.24, 2.45) is 0 Å². The van der Waals surface area contributed by atoms with Gasteiger partial charge in [0.15, 0.2) is 0 Å². The van der Waals surface area contributed by atoms with Crippen LogP contribution in [0, 0.1) is 10.1 Å². The summed E-state index contributed by atoms with van der Waals surface area (Å²) in [4.78, 5) is 36.3. The Bertz CT molecular complexity index is 830. The summed E-state index contributed by atoms with van der Waals surface area (Å²) in [5.41, 5.74) is 0.211. The van der Waals surface area contributed by atoms with Gasteiger partial charge in [-0.05, 0) is 17.7 Å². The molecule has 7 heteroatoms. The zero-order chi connectivity index (χ0) is 18.4. The van der Waals surface area contributed by atoms with E-state index in [0.29, 0.717) is 5.56 Å². The Morgan fingerprint density at radius 1 is 1.08 bits per heavy atom. The molecule has 2 aromatic carbocycles. The number of nitrogens with zero attached hydrogens (tertiary/aromatic N) is 2. The lowest BCUT2D eigenvalue weighted by Crippen LogP contribution is -2.31. The molecule has 7 nitrogen and oxygen atoms in total. The number of ether oxygens (including phenoxy) is 1. The summed E-state index contributed by atoms with van der Waals surface area (Å²) in [6.07, 6.45) is 1.48. The van der Waals surface area contributed by atoms with Crippen molar-refractivity contribution in [1.82, 2.24) is 4.90 Å². The van der Waals surface area contributed by atoms with Crippen LogP contribution in [0.1, 0.15) is 15.9 Å². The van der Waals surface area contributed by atoms with E-state index in [9.17, 15) is 19.7 Å². The molecular formula is C18H16N2O5. The highest BCUT2D eigenvalue weighted by Gasteiger charge is 2.27. The van der Waals surface area contributed by atoms with E-state index in [1.54, 1.807) is 24.3 Å². The fourth-order valence-electron chi connectivity index (χ4n) is 2.21. The predicted octanol–water partition coefficient (Wildman–Crippen LogP) is 2.88. The van der Waals surface area contributed by atoms with Crippen molar-refractivity contribution in [2.75, 3.05) is 14.2 Å². The molecule has 1 amide bonds. The lowest BCUT2D eigenvalue weighted by molar-refractivity contribution is -0.385. The number of amides is 1. The zero-order valence-electron chi connectivity index (χ0n) is 13.7. The Kier molecular flexibility index (Phi) is 5.62. The molecular weight excluding hydrogens is 324 g/mol. The third kappa shape index (κ3) is 4.08. The molecule has 0 atom stereocenters. The average Bonchev–Trinajstić information content (AvgIpc) is 2.65. The summed E-state index contributed by atoms with van der Waals surface area (Å²) in [7, 11) is 2.56. The molecule has 0 saturated heterocycles. The van der Waals surface area contributed by atoms with Gasteiger partial charge >= 0.3 is 5.97 Å². The highest BCUT2D eigenvalue weighted by molar-refractivity contribution is 6.05. The minimum absolute atomic E-state index is 0.0307. The van der Waals surface area contributed by atoms with Crippen molar-refractivity contribution >= 4 is 23.6 Å². The molecule has 2 rings (SSSR count). The summed E-state index contributed by atoms with van der Waals surface area (Å²) in [6, 6.07) is 14.5. The van der Waals surface area contributed by atoms with E-state index in [1.165, 1.54) is 44.5 Å². The molecule has 0 saturated carbocycles. The normalized spacial score (nSPS) is 10.9. The number of esters is 1. The van der Waals surface area contributed by atoms with Crippen molar-refractivity contribution in [3.8, 4) is 0 Å². The lowest BCUT2D eigenvalue weighted by Gasteiger charge is -2.19. The summed E-state index contributed by atoms with van der Waals surface area (Å²) < 4.78 is 4.73. The molecule has 2 aromatic rings. The van der Waals surface area contributed by atoms with Gasteiger partial charge in [-0.15, -0.1) is 0 Å². The van der Waals surface area contributed by atoms with Gasteiger partial charge in [-0.3, -0.25) is 14.9 Å². The van der Waals surface area contributed by atoms with Crippen LogP contribution in [0.3, 0.4) is 0 Å². The molecule has 0 aromatic heterocycles. The summed E-state index contributed by atoms with van der Waals surface area (Å²) >= 11 is 0. The highest BCUT2D eigenvalue weighted by atomic mass is 16.6. The van der Waals surface area contributed by atoms with Crippen LogP contribution in [0.2, 0.25) is 0 Å². The molecule has 0 spiro atoms. The maximum absolute atomic E-state index is 12.7. The smallest absolute Gasteiger partial charge is 0.354 e. The second-order valence-corrected chi connectivity index (χ2v) is 5.07. The summed E-state index contributed by atoms with van der Waals surface area (Å²) in [6.45, 7) is 0. The topological polar surface area (TPSA) is 89.8 Å². The van der Waals surface area contributed by atoms with E-state index in [-0.39, 0.29) is 16.9 Å². The second-order valence-electron chi connectivity index (χ2n) is 5.07. The van der Waals surface area contributed by atoms with Gasteiger partial charge in [-0.25, -0.2) is 4.79 Å².